The third-order valence-corrected chi connectivity index (χ3v) is 15.6. The number of halogens is 3. The van der Waals surface area contributed by atoms with E-state index in [4.69, 9.17) is 0 Å². The maximum Gasteiger partial charge on any atom is 2.00 e. The largest absolute Gasteiger partial charge is 2.00 e. The Balaban J connectivity index is 0.000000266. The molecule has 28 heteroatoms. The second-order valence-corrected chi connectivity index (χ2v) is 21.2. The van der Waals surface area contributed by atoms with Gasteiger partial charge in [-0.25, -0.2) is 16.8 Å². The van der Waals surface area contributed by atoms with Gasteiger partial charge in [0.05, 0.1) is 15.4 Å². The van der Waals surface area contributed by atoms with Gasteiger partial charge in [-0.05, 0) is 96.1 Å². The number of carboxylic acid groups (broad SMARTS) is 2. The molecule has 4 aliphatic rings. The van der Waals surface area contributed by atoms with Crippen molar-refractivity contribution in [3.8, 4) is 0 Å². The van der Waals surface area contributed by atoms with Crippen LogP contribution < -0.4 is 20.8 Å². The van der Waals surface area contributed by atoms with E-state index >= 15 is 0 Å². The van der Waals surface area contributed by atoms with Crippen molar-refractivity contribution in [2.45, 2.75) is 117 Å². The SMILES string of the molecule is CC(C)(C)OS(=O)(=O)C(F)(F)F.O=C([O-])NC1CCC(C2CN2S(=O)(=O)c2ccccc2[N+](=O)[O-])CC1.O=C([O-])NC1CCC(C2CN2S(=O)(=O)c2ccccc2[N+](=O)[O-])CC1.[Cu+2]. The first-order valence-electron chi connectivity index (χ1n) is 19.0. The minimum atomic E-state index is -5.46. The molecule has 2 N–H and O–H groups in total. The van der Waals surface area contributed by atoms with Crippen LogP contribution in [0.3, 0.4) is 0 Å². The normalized spacial score (nSPS) is 25.8. The molecule has 355 valence electrons. The monoisotopic (exact) mass is 1010 g/mol. The Kier molecular flexibility index (Phi) is 17.5. The van der Waals surface area contributed by atoms with Crippen molar-refractivity contribution in [1.29, 1.82) is 0 Å². The topological polar surface area (TPSA) is 308 Å². The van der Waals surface area contributed by atoms with Crippen molar-refractivity contribution in [3.63, 3.8) is 0 Å². The van der Waals surface area contributed by atoms with Crippen LogP contribution in [0.4, 0.5) is 34.1 Å². The molecule has 63 heavy (non-hydrogen) atoms. The van der Waals surface area contributed by atoms with Gasteiger partial charge >= 0.3 is 32.7 Å². The predicted octanol–water partition coefficient (Wildman–Crippen LogP) is 2.57. The third-order valence-electron chi connectivity index (χ3n) is 10.4. The summed E-state index contributed by atoms with van der Waals surface area (Å²) in [5.41, 5.74) is -7.56. The van der Waals surface area contributed by atoms with Crippen LogP contribution >= 0.6 is 0 Å². The summed E-state index contributed by atoms with van der Waals surface area (Å²) in [4.78, 5) is 41.3. The second-order valence-electron chi connectivity index (χ2n) is 15.9. The Hall–Kier alpha value is -4.18. The van der Waals surface area contributed by atoms with Gasteiger partial charge in [0.2, 0.25) is 20.0 Å². The number of para-hydroxylation sites is 2. The second kappa shape index (κ2) is 20.8. The van der Waals surface area contributed by atoms with Crippen LogP contribution in [0.2, 0.25) is 0 Å². The van der Waals surface area contributed by atoms with Crippen LogP contribution in [0, 0.1) is 32.1 Å². The summed E-state index contributed by atoms with van der Waals surface area (Å²) < 4.78 is 113. The molecule has 0 bridgehead atoms. The number of carbonyl (C=O) groups is 2. The number of rotatable bonds is 11. The van der Waals surface area contributed by atoms with E-state index in [1.807, 2.05) is 0 Å². The molecule has 2 aromatic carbocycles. The van der Waals surface area contributed by atoms with Gasteiger partial charge in [-0.2, -0.15) is 30.2 Å². The van der Waals surface area contributed by atoms with Gasteiger partial charge < -0.3 is 30.4 Å². The van der Waals surface area contributed by atoms with Crippen LogP contribution in [-0.2, 0) is 51.4 Å². The third kappa shape index (κ3) is 14.2. The van der Waals surface area contributed by atoms with Crippen molar-refractivity contribution in [1.82, 2.24) is 19.2 Å². The minimum absolute atomic E-state index is 0. The molecule has 2 heterocycles. The van der Waals surface area contributed by atoms with E-state index in [9.17, 15) is 78.5 Å². The average molecular weight is 1010 g/mol. The number of carbonyl (C=O) groups excluding carboxylic acids is 2. The van der Waals surface area contributed by atoms with Crippen molar-refractivity contribution in [2.75, 3.05) is 13.1 Å². The molecule has 2 aliphatic carbocycles. The fraction of sp³-hybridized carbons (Fsp3) is 0.600. The van der Waals surface area contributed by atoms with Gasteiger partial charge in [0.25, 0.3) is 11.4 Å². The standard InChI is InChI=1S/2C15H19N3O6S.C5H9F3O3S.Cu/c2*19-15(20)16-11-7-5-10(6-8-11)13-9-17(13)25(23,24)14-4-2-1-3-12(14)18(21)22;1-4(2,3)11-12(9,10)5(6,7)8;/h2*1-4,10-11,13,16H,5-9H2,(H,19,20);1-3H3;/q;;;+2/p-2. The molecule has 2 aromatic rings. The average Bonchev–Trinajstić information content (AvgIpc) is 4.09. The summed E-state index contributed by atoms with van der Waals surface area (Å²) in [5, 5.41) is 48.0. The molecule has 4 fully saturated rings. The maximum atomic E-state index is 12.7. The summed E-state index contributed by atoms with van der Waals surface area (Å²) in [5.74, 6) is 0.273. The Morgan fingerprint density at radius 2 is 0.968 bits per heavy atom. The number of nitrogens with zero attached hydrogens (tertiary/aromatic N) is 4. The number of hydrogen-bond donors (Lipinski definition) is 2. The molecule has 4 atom stereocenters. The molecule has 2 amide bonds. The Morgan fingerprint density at radius 3 is 1.22 bits per heavy atom. The molecule has 0 aromatic heterocycles. The quantitative estimate of drug-likeness (QED) is 0.0816. The molecule has 0 spiro atoms. The van der Waals surface area contributed by atoms with Crippen LogP contribution in [0.1, 0.15) is 72.1 Å². The van der Waals surface area contributed by atoms with Crippen molar-refractivity contribution in [2.24, 2.45) is 11.8 Å². The number of alkyl halides is 3. The zero-order chi connectivity index (χ0) is 46.6. The van der Waals surface area contributed by atoms with Gasteiger partial charge in [-0.3, -0.25) is 24.4 Å². The number of nitro groups is 2. The summed E-state index contributed by atoms with van der Waals surface area (Å²) in [7, 11) is -13.3. The number of amides is 2. The molecule has 6 rings (SSSR count). The molecule has 2 saturated heterocycles. The van der Waals surface area contributed by atoms with Gasteiger partial charge in [0.15, 0.2) is 9.79 Å². The molecule has 1 radical (unpaired) electrons. The molecular weight excluding hydrogens is 961 g/mol. The number of benzene rings is 2. The number of nitrogens with one attached hydrogen (secondary N) is 2. The van der Waals surface area contributed by atoms with E-state index in [0.717, 1.165) is 0 Å². The molecule has 21 nitrogen and oxygen atoms in total. The summed E-state index contributed by atoms with van der Waals surface area (Å²) in [6, 6.07) is 10.0. The van der Waals surface area contributed by atoms with Crippen LogP contribution in [0.25, 0.3) is 0 Å². The van der Waals surface area contributed by atoms with Crippen molar-refractivity contribution < 1.29 is 89.3 Å². The van der Waals surface area contributed by atoms with E-state index in [1.54, 1.807) is 0 Å². The Bertz CT molecular complexity index is 2190. The van der Waals surface area contributed by atoms with Gasteiger partial charge in [0.1, 0.15) is 12.2 Å². The molecular formula is C35H45CuF3N6O15S3. The summed E-state index contributed by atoms with van der Waals surface area (Å²) in [6.45, 7) is 4.35. The van der Waals surface area contributed by atoms with E-state index in [2.05, 4.69) is 14.8 Å². The number of hydrogen-bond acceptors (Lipinski definition) is 15. The van der Waals surface area contributed by atoms with Crippen molar-refractivity contribution in [3.05, 3.63) is 68.8 Å². The van der Waals surface area contributed by atoms with E-state index in [1.165, 1.54) is 77.9 Å². The van der Waals surface area contributed by atoms with Crippen LogP contribution in [-0.4, -0.2) is 104 Å². The summed E-state index contributed by atoms with van der Waals surface area (Å²) in [6.07, 6.45) is 2.77. The Morgan fingerprint density at radius 1 is 0.651 bits per heavy atom. The first-order valence-corrected chi connectivity index (χ1v) is 23.3. The molecule has 2 saturated carbocycles. The molecule has 2 aliphatic heterocycles. The van der Waals surface area contributed by atoms with Crippen LogP contribution in [0.5, 0.6) is 0 Å². The number of nitro benzene ring substituents is 2. The van der Waals surface area contributed by atoms with Crippen molar-refractivity contribution >= 4 is 53.7 Å². The maximum absolute atomic E-state index is 12.7. The minimum Gasteiger partial charge on any atom is -0.530 e. The first-order chi connectivity index (χ1) is 28.6. The van der Waals surface area contributed by atoms with Gasteiger partial charge in [0, 0.05) is 49.4 Å². The van der Waals surface area contributed by atoms with Gasteiger partial charge in [-0.1, -0.05) is 24.3 Å². The smallest absolute Gasteiger partial charge is 0.530 e. The number of sulfonamides is 2. The van der Waals surface area contributed by atoms with E-state index in [-0.39, 0.29) is 62.9 Å². The Labute approximate surface area is 371 Å². The molecule has 4 unspecified atom stereocenters. The van der Waals surface area contributed by atoms with Crippen LogP contribution in [0.15, 0.2) is 58.3 Å². The fourth-order valence-corrected chi connectivity index (χ4v) is 11.8. The fourth-order valence-electron chi connectivity index (χ4n) is 7.51. The predicted molar refractivity (Wildman–Crippen MR) is 206 cm³/mol. The zero-order valence-electron chi connectivity index (χ0n) is 33.7. The first kappa shape index (κ1) is 53.2. The van der Waals surface area contributed by atoms with Gasteiger partial charge in [-0.15, -0.1) is 0 Å². The van der Waals surface area contributed by atoms with E-state index in [0.29, 0.717) is 64.5 Å². The van der Waals surface area contributed by atoms with E-state index < -0.39 is 74.7 Å². The zero-order valence-corrected chi connectivity index (χ0v) is 37.1. The summed E-state index contributed by atoms with van der Waals surface area (Å²) >= 11 is 0.